The number of hydrogen-bond donors (Lipinski definition) is 0. The Hall–Kier alpha value is -2.56. The van der Waals surface area contributed by atoms with Gasteiger partial charge in [-0.05, 0) is 53.9 Å². The Morgan fingerprint density at radius 2 is 1.96 bits per heavy atom. The smallest absolute Gasteiger partial charge is 0.0929 e. The lowest BCUT2D eigenvalue weighted by Gasteiger charge is -2.32. The number of rotatable bonds is 2. The normalized spacial score (nSPS) is 17.3. The van der Waals surface area contributed by atoms with E-state index < -0.39 is 0 Å². The minimum atomic E-state index is 0.428. The van der Waals surface area contributed by atoms with Crippen LogP contribution in [0.5, 0.6) is 0 Å². The van der Waals surface area contributed by atoms with E-state index in [1.165, 1.54) is 26.1 Å². The highest BCUT2D eigenvalue weighted by Gasteiger charge is 2.26. The highest BCUT2D eigenvalue weighted by atomic mass is 32.1. The van der Waals surface area contributed by atoms with Crippen LogP contribution in [-0.4, -0.2) is 28.7 Å². The Kier molecular flexibility index (Phi) is 3.80. The van der Waals surface area contributed by atoms with Gasteiger partial charge in [0.05, 0.1) is 5.69 Å². The maximum Gasteiger partial charge on any atom is 0.0929 e. The fourth-order valence-corrected chi connectivity index (χ4v) is 5.06. The molecule has 2 aromatic carbocycles. The molecule has 3 heterocycles. The number of likely N-dealkylation sites (N-methyl/N-ethyl adjacent to an activating group) is 1. The molecule has 0 N–H and O–H groups in total. The van der Waals surface area contributed by atoms with E-state index in [4.69, 9.17) is 0 Å². The van der Waals surface area contributed by atoms with Crippen molar-refractivity contribution in [1.29, 1.82) is 0 Å². The summed E-state index contributed by atoms with van der Waals surface area (Å²) in [7, 11) is 2.21. The second-order valence-corrected chi connectivity index (χ2v) is 8.07. The van der Waals surface area contributed by atoms with Crippen LogP contribution >= 0.6 is 11.3 Å². The van der Waals surface area contributed by atoms with Crippen molar-refractivity contribution in [2.24, 2.45) is 0 Å². The molecule has 0 bridgehead atoms. The summed E-state index contributed by atoms with van der Waals surface area (Å²) >= 11 is 1.92. The van der Waals surface area contributed by atoms with Crippen molar-refractivity contribution >= 4 is 21.4 Å². The highest BCUT2D eigenvalue weighted by molar-refractivity contribution is 7.19. The highest BCUT2D eigenvalue weighted by Crippen LogP contribution is 2.39. The van der Waals surface area contributed by atoms with Crippen LogP contribution in [0.4, 0.5) is 0 Å². The molecule has 26 heavy (non-hydrogen) atoms. The molecule has 1 aliphatic heterocycles. The Morgan fingerprint density at radius 3 is 2.81 bits per heavy atom. The quantitative estimate of drug-likeness (QED) is 0.509. The van der Waals surface area contributed by atoms with Crippen LogP contribution in [0.15, 0.2) is 66.9 Å². The summed E-state index contributed by atoms with van der Waals surface area (Å²) in [5, 5.41) is 9.62. The van der Waals surface area contributed by atoms with Gasteiger partial charge in [-0.1, -0.05) is 30.3 Å². The van der Waals surface area contributed by atoms with E-state index >= 15 is 0 Å². The zero-order valence-electron chi connectivity index (χ0n) is 14.6. The molecule has 0 fully saturated rings. The molecule has 4 heteroatoms. The average Bonchev–Trinajstić information content (AvgIpc) is 3.11. The first kappa shape index (κ1) is 15.7. The van der Waals surface area contributed by atoms with Gasteiger partial charge in [-0.15, -0.1) is 11.3 Å². The molecule has 3 nitrogen and oxygen atoms in total. The number of thiophene rings is 1. The second-order valence-electron chi connectivity index (χ2n) is 6.96. The lowest BCUT2D eigenvalue weighted by Crippen LogP contribution is -2.30. The van der Waals surface area contributed by atoms with Gasteiger partial charge in [0.2, 0.25) is 0 Å². The monoisotopic (exact) mass is 357 g/mol. The summed E-state index contributed by atoms with van der Waals surface area (Å²) in [6.45, 7) is 2.04. The zero-order valence-corrected chi connectivity index (χ0v) is 15.4. The molecule has 1 unspecified atom stereocenters. The SMILES string of the molecule is CN1Cc2cc(-c3cccnn3)ccc2C(c2cc3ccccc3s2)C1. The maximum absolute atomic E-state index is 4.26. The predicted molar refractivity (Wildman–Crippen MR) is 107 cm³/mol. The summed E-state index contributed by atoms with van der Waals surface area (Å²) in [4.78, 5) is 3.86. The molecule has 0 saturated carbocycles. The van der Waals surface area contributed by atoms with Gasteiger partial charge in [0.15, 0.2) is 0 Å². The van der Waals surface area contributed by atoms with Crippen molar-refractivity contribution < 1.29 is 0 Å². The molecule has 0 saturated heterocycles. The summed E-state index contributed by atoms with van der Waals surface area (Å²) in [6.07, 6.45) is 1.72. The van der Waals surface area contributed by atoms with E-state index in [2.05, 4.69) is 70.7 Å². The van der Waals surface area contributed by atoms with E-state index in [0.717, 1.165) is 24.3 Å². The molecule has 0 aliphatic carbocycles. The summed E-state index contributed by atoms with van der Waals surface area (Å²) < 4.78 is 1.37. The molecule has 4 aromatic rings. The lowest BCUT2D eigenvalue weighted by atomic mass is 9.87. The number of benzene rings is 2. The third-order valence-electron chi connectivity index (χ3n) is 5.11. The first-order chi connectivity index (χ1) is 12.8. The van der Waals surface area contributed by atoms with Gasteiger partial charge in [0, 0.05) is 40.3 Å². The van der Waals surface area contributed by atoms with Crippen molar-refractivity contribution in [3.63, 3.8) is 0 Å². The van der Waals surface area contributed by atoms with Gasteiger partial charge in [-0.2, -0.15) is 10.2 Å². The summed E-state index contributed by atoms with van der Waals surface area (Å²) in [5.41, 5.74) is 4.91. The van der Waals surface area contributed by atoms with Gasteiger partial charge < -0.3 is 4.90 Å². The Morgan fingerprint density at radius 1 is 1.04 bits per heavy atom. The first-order valence-corrected chi connectivity index (χ1v) is 9.67. The van der Waals surface area contributed by atoms with E-state index in [9.17, 15) is 0 Å². The molecule has 1 aliphatic rings. The topological polar surface area (TPSA) is 29.0 Å². The van der Waals surface area contributed by atoms with Crippen LogP contribution in [-0.2, 0) is 6.54 Å². The molecule has 0 radical (unpaired) electrons. The van der Waals surface area contributed by atoms with Crippen molar-refractivity contribution in [3.8, 4) is 11.3 Å². The lowest BCUT2D eigenvalue weighted by molar-refractivity contribution is 0.296. The first-order valence-electron chi connectivity index (χ1n) is 8.86. The number of nitrogens with zero attached hydrogens (tertiary/aromatic N) is 3. The molecule has 0 spiro atoms. The van der Waals surface area contributed by atoms with E-state index in [1.54, 1.807) is 6.20 Å². The third-order valence-corrected chi connectivity index (χ3v) is 6.34. The van der Waals surface area contributed by atoms with E-state index in [1.807, 2.05) is 23.5 Å². The van der Waals surface area contributed by atoms with Crippen LogP contribution in [0.3, 0.4) is 0 Å². The van der Waals surface area contributed by atoms with Crippen LogP contribution in [0.1, 0.15) is 21.9 Å². The Labute approximate surface area is 156 Å². The van der Waals surface area contributed by atoms with Gasteiger partial charge in [0.1, 0.15) is 0 Å². The molecule has 128 valence electrons. The largest absolute Gasteiger partial charge is 0.301 e. The molecule has 2 aromatic heterocycles. The maximum atomic E-state index is 4.26. The number of aromatic nitrogens is 2. The van der Waals surface area contributed by atoms with Crippen molar-refractivity contribution in [1.82, 2.24) is 15.1 Å². The molecule has 0 amide bonds. The van der Waals surface area contributed by atoms with Gasteiger partial charge in [0.25, 0.3) is 0 Å². The van der Waals surface area contributed by atoms with Gasteiger partial charge in [-0.25, -0.2) is 0 Å². The molecular weight excluding hydrogens is 338 g/mol. The fraction of sp³-hybridized carbons (Fsp3) is 0.182. The summed E-state index contributed by atoms with van der Waals surface area (Å²) in [6, 6.07) is 21.8. The predicted octanol–water partition coefficient (Wildman–Crippen LogP) is 4.94. The van der Waals surface area contributed by atoms with Gasteiger partial charge >= 0.3 is 0 Å². The minimum Gasteiger partial charge on any atom is -0.301 e. The standard InChI is InChI=1S/C22H19N3S/c1-25-13-17-11-15(20-6-4-10-23-24-20)8-9-18(17)19(14-25)22-12-16-5-2-3-7-21(16)26-22/h2-12,19H,13-14H2,1H3. The second kappa shape index (κ2) is 6.31. The van der Waals surface area contributed by atoms with Crippen LogP contribution in [0.25, 0.3) is 21.3 Å². The molecular formula is C22H19N3S. The average molecular weight is 357 g/mol. The fourth-order valence-electron chi connectivity index (χ4n) is 3.88. The minimum absolute atomic E-state index is 0.428. The number of hydrogen-bond acceptors (Lipinski definition) is 4. The zero-order chi connectivity index (χ0) is 17.5. The van der Waals surface area contributed by atoms with Crippen molar-refractivity contribution in [2.45, 2.75) is 12.5 Å². The van der Waals surface area contributed by atoms with Crippen LogP contribution in [0, 0.1) is 0 Å². The van der Waals surface area contributed by atoms with E-state index in [-0.39, 0.29) is 0 Å². The van der Waals surface area contributed by atoms with E-state index in [0.29, 0.717) is 5.92 Å². The van der Waals surface area contributed by atoms with Crippen LogP contribution < -0.4 is 0 Å². The third kappa shape index (κ3) is 2.71. The number of fused-ring (bicyclic) bond motifs is 2. The molecule has 5 rings (SSSR count). The van der Waals surface area contributed by atoms with Gasteiger partial charge in [-0.3, -0.25) is 0 Å². The van der Waals surface area contributed by atoms with Crippen LogP contribution in [0.2, 0.25) is 0 Å². The van der Waals surface area contributed by atoms with Crippen molar-refractivity contribution in [3.05, 3.63) is 82.9 Å². The Bertz CT molecular complexity index is 1040. The van der Waals surface area contributed by atoms with Crippen molar-refractivity contribution in [2.75, 3.05) is 13.6 Å². The summed E-state index contributed by atoms with van der Waals surface area (Å²) in [5.74, 6) is 0.428. The Balaban J connectivity index is 1.59. The molecule has 1 atom stereocenters.